The summed E-state index contributed by atoms with van der Waals surface area (Å²) in [5.74, 6) is 0.480. The maximum atomic E-state index is 13.4. The molecule has 0 radical (unpaired) electrons. The van der Waals surface area contributed by atoms with Crippen molar-refractivity contribution in [3.8, 4) is 23.1 Å². The Balaban J connectivity index is 2.00. The van der Waals surface area contributed by atoms with E-state index in [4.69, 9.17) is 4.52 Å². The number of hydrogen-bond acceptors (Lipinski definition) is 5. The quantitative estimate of drug-likeness (QED) is 0.786. The molecule has 3 aromatic rings. The molecule has 0 saturated heterocycles. The molecule has 0 unspecified atom stereocenters. The van der Waals surface area contributed by atoms with E-state index < -0.39 is 5.82 Å². The molecule has 2 heterocycles. The van der Waals surface area contributed by atoms with Gasteiger partial charge in [0.15, 0.2) is 5.82 Å². The standard InChI is InChI=1S/C10H5BrFN5O/c11-6-2-1-5(3-7(6)12)10-15-9(17-18-10)8-13-4-14-16-8/h1-4H,(H,13,14,16). The minimum absolute atomic E-state index is 0.216. The summed E-state index contributed by atoms with van der Waals surface area (Å²) in [4.78, 5) is 7.99. The summed E-state index contributed by atoms with van der Waals surface area (Å²) in [6.07, 6.45) is 1.34. The van der Waals surface area contributed by atoms with E-state index in [0.29, 0.717) is 15.9 Å². The van der Waals surface area contributed by atoms with Crippen molar-refractivity contribution in [2.75, 3.05) is 0 Å². The molecule has 6 nitrogen and oxygen atoms in total. The second-order valence-electron chi connectivity index (χ2n) is 3.39. The van der Waals surface area contributed by atoms with Gasteiger partial charge in [-0.1, -0.05) is 5.16 Å². The van der Waals surface area contributed by atoms with Crippen LogP contribution in [0.5, 0.6) is 0 Å². The molecule has 0 aliphatic rings. The third-order valence-electron chi connectivity index (χ3n) is 2.22. The van der Waals surface area contributed by atoms with Gasteiger partial charge in [0.2, 0.25) is 5.82 Å². The van der Waals surface area contributed by atoms with E-state index in [1.54, 1.807) is 12.1 Å². The Bertz CT molecular complexity index is 681. The topological polar surface area (TPSA) is 80.5 Å². The van der Waals surface area contributed by atoms with Crippen LogP contribution in [0.1, 0.15) is 0 Å². The highest BCUT2D eigenvalue weighted by molar-refractivity contribution is 9.10. The minimum atomic E-state index is -0.396. The predicted molar refractivity (Wildman–Crippen MR) is 62.8 cm³/mol. The average Bonchev–Trinajstić information content (AvgIpc) is 3.01. The molecule has 0 fully saturated rings. The lowest BCUT2D eigenvalue weighted by molar-refractivity contribution is 0.431. The van der Waals surface area contributed by atoms with Crippen molar-refractivity contribution in [2.45, 2.75) is 0 Å². The van der Waals surface area contributed by atoms with Crippen LogP contribution >= 0.6 is 15.9 Å². The number of aromatic nitrogens is 5. The van der Waals surface area contributed by atoms with Gasteiger partial charge in [0.1, 0.15) is 12.1 Å². The van der Waals surface area contributed by atoms with E-state index in [1.165, 1.54) is 12.4 Å². The summed E-state index contributed by atoms with van der Waals surface area (Å²) in [7, 11) is 0. The first-order chi connectivity index (χ1) is 8.74. The van der Waals surface area contributed by atoms with Gasteiger partial charge < -0.3 is 4.52 Å². The zero-order valence-electron chi connectivity index (χ0n) is 8.76. The highest BCUT2D eigenvalue weighted by Crippen LogP contribution is 2.24. The summed E-state index contributed by atoms with van der Waals surface area (Å²) in [5.41, 5.74) is 0.494. The fraction of sp³-hybridized carbons (Fsp3) is 0. The first-order valence-corrected chi connectivity index (χ1v) is 5.68. The molecule has 18 heavy (non-hydrogen) atoms. The van der Waals surface area contributed by atoms with Gasteiger partial charge in [-0.15, -0.1) is 0 Å². The number of hydrogen-bond donors (Lipinski definition) is 1. The predicted octanol–water partition coefficient (Wildman–Crippen LogP) is 2.42. The molecule has 3 rings (SSSR count). The molecule has 0 bridgehead atoms. The van der Waals surface area contributed by atoms with Crippen LogP contribution < -0.4 is 0 Å². The van der Waals surface area contributed by atoms with Crippen molar-refractivity contribution >= 4 is 15.9 Å². The minimum Gasteiger partial charge on any atom is -0.333 e. The van der Waals surface area contributed by atoms with E-state index in [1.807, 2.05) is 0 Å². The lowest BCUT2D eigenvalue weighted by Gasteiger charge is -1.96. The second kappa shape index (κ2) is 4.30. The van der Waals surface area contributed by atoms with E-state index in [2.05, 4.69) is 41.3 Å². The Morgan fingerprint density at radius 3 is 2.94 bits per heavy atom. The molecule has 2 aromatic heterocycles. The fourth-order valence-electron chi connectivity index (χ4n) is 1.38. The van der Waals surface area contributed by atoms with Gasteiger partial charge >= 0.3 is 0 Å². The number of halogens is 2. The van der Waals surface area contributed by atoms with Crippen LogP contribution in [0, 0.1) is 5.82 Å². The van der Waals surface area contributed by atoms with Gasteiger partial charge in [-0.25, -0.2) is 9.37 Å². The molecule has 0 spiro atoms. The number of nitrogens with zero attached hydrogens (tertiary/aromatic N) is 4. The molecule has 0 atom stereocenters. The van der Waals surface area contributed by atoms with Crippen LogP contribution in [0.15, 0.2) is 33.5 Å². The second-order valence-corrected chi connectivity index (χ2v) is 4.24. The van der Waals surface area contributed by atoms with E-state index >= 15 is 0 Å². The molecule has 0 amide bonds. The van der Waals surface area contributed by atoms with E-state index in [9.17, 15) is 4.39 Å². The van der Waals surface area contributed by atoms with Gasteiger partial charge in [0.05, 0.1) is 4.47 Å². The zero-order chi connectivity index (χ0) is 12.5. The third kappa shape index (κ3) is 1.90. The number of benzene rings is 1. The maximum absolute atomic E-state index is 13.4. The number of nitrogens with one attached hydrogen (secondary N) is 1. The molecule has 1 N–H and O–H groups in total. The molecule has 0 aliphatic heterocycles. The molecule has 90 valence electrons. The van der Waals surface area contributed by atoms with Gasteiger partial charge in [-0.2, -0.15) is 10.1 Å². The normalized spacial score (nSPS) is 10.8. The first-order valence-electron chi connectivity index (χ1n) is 4.89. The molecule has 8 heteroatoms. The Morgan fingerprint density at radius 1 is 1.33 bits per heavy atom. The zero-order valence-corrected chi connectivity index (χ0v) is 10.3. The fourth-order valence-corrected chi connectivity index (χ4v) is 1.63. The van der Waals surface area contributed by atoms with Crippen molar-refractivity contribution < 1.29 is 8.91 Å². The third-order valence-corrected chi connectivity index (χ3v) is 2.86. The SMILES string of the molecule is Fc1cc(-c2nc(-c3ncn[nH]3)no2)ccc1Br. The Morgan fingerprint density at radius 2 is 2.22 bits per heavy atom. The van der Waals surface area contributed by atoms with Crippen molar-refractivity contribution in [3.63, 3.8) is 0 Å². The van der Waals surface area contributed by atoms with Gasteiger partial charge in [0, 0.05) is 5.56 Å². The molecular weight excluding hydrogens is 305 g/mol. The monoisotopic (exact) mass is 309 g/mol. The number of rotatable bonds is 2. The summed E-state index contributed by atoms with van der Waals surface area (Å²) < 4.78 is 18.8. The van der Waals surface area contributed by atoms with Crippen molar-refractivity contribution in [1.82, 2.24) is 25.3 Å². The highest BCUT2D eigenvalue weighted by atomic mass is 79.9. The Kier molecular flexibility index (Phi) is 2.63. The van der Waals surface area contributed by atoms with Crippen LogP contribution in [-0.2, 0) is 0 Å². The van der Waals surface area contributed by atoms with Gasteiger partial charge in [-0.3, -0.25) is 5.10 Å². The van der Waals surface area contributed by atoms with Crippen molar-refractivity contribution in [3.05, 3.63) is 34.8 Å². The summed E-state index contributed by atoms with van der Waals surface area (Å²) in [6.45, 7) is 0. The maximum Gasteiger partial charge on any atom is 0.258 e. The smallest absolute Gasteiger partial charge is 0.258 e. The van der Waals surface area contributed by atoms with Gasteiger partial charge in [-0.05, 0) is 34.1 Å². The molecule has 1 aromatic carbocycles. The molecule has 0 aliphatic carbocycles. The number of aromatic amines is 1. The lowest BCUT2D eigenvalue weighted by atomic mass is 10.2. The van der Waals surface area contributed by atoms with Gasteiger partial charge in [0.25, 0.3) is 5.89 Å². The highest BCUT2D eigenvalue weighted by Gasteiger charge is 2.13. The van der Waals surface area contributed by atoms with Crippen LogP contribution in [0.3, 0.4) is 0 Å². The first kappa shape index (κ1) is 11.0. The summed E-state index contributed by atoms with van der Waals surface area (Å²) in [5, 5.41) is 10.0. The Labute approximate surface area is 108 Å². The van der Waals surface area contributed by atoms with Crippen molar-refractivity contribution in [2.24, 2.45) is 0 Å². The van der Waals surface area contributed by atoms with Crippen molar-refractivity contribution in [1.29, 1.82) is 0 Å². The van der Waals surface area contributed by atoms with Crippen LogP contribution in [-0.4, -0.2) is 25.3 Å². The molecular formula is C10H5BrFN5O. The lowest BCUT2D eigenvalue weighted by Crippen LogP contribution is -1.84. The van der Waals surface area contributed by atoms with Crippen LogP contribution in [0.4, 0.5) is 4.39 Å². The summed E-state index contributed by atoms with van der Waals surface area (Å²) in [6, 6.07) is 4.55. The van der Waals surface area contributed by atoms with Crippen LogP contribution in [0.25, 0.3) is 23.1 Å². The van der Waals surface area contributed by atoms with E-state index in [-0.39, 0.29) is 11.7 Å². The number of H-pyrrole nitrogens is 1. The molecule has 0 saturated carbocycles. The summed E-state index contributed by atoms with van der Waals surface area (Å²) >= 11 is 3.07. The average molecular weight is 310 g/mol. The van der Waals surface area contributed by atoms with E-state index in [0.717, 1.165) is 0 Å². The largest absolute Gasteiger partial charge is 0.333 e. The Hall–Kier alpha value is -2.09. The van der Waals surface area contributed by atoms with Crippen LogP contribution in [0.2, 0.25) is 0 Å².